The smallest absolute Gasteiger partial charge is 0.431 e. The Morgan fingerprint density at radius 3 is 2.29 bits per heavy atom. The number of hydroxylamine groups is 1. The van der Waals surface area contributed by atoms with Crippen molar-refractivity contribution in [2.75, 3.05) is 0 Å². The number of rotatable bonds is 4. The molecule has 1 rings (SSSR count). The molecule has 98 valence electrons. The quantitative estimate of drug-likeness (QED) is 0.736. The van der Waals surface area contributed by atoms with Gasteiger partial charge in [-0.05, 0) is 39.5 Å². The van der Waals surface area contributed by atoms with E-state index < -0.39 is 23.8 Å². The summed E-state index contributed by atoms with van der Waals surface area (Å²) in [5, 5.41) is 8.94. The van der Waals surface area contributed by atoms with Crippen LogP contribution in [0.5, 0.6) is 0 Å². The fraction of sp³-hybridized carbons (Fsp3) is 0.818. The molecule has 0 spiro atoms. The van der Waals surface area contributed by atoms with Gasteiger partial charge in [0.2, 0.25) is 0 Å². The SMILES string of the molecule is CC(C)(C)OC(=O)NOC(C(=O)O)C1CCC1. The summed E-state index contributed by atoms with van der Waals surface area (Å²) in [5.41, 5.74) is 1.39. The molecule has 1 aliphatic rings. The lowest BCUT2D eigenvalue weighted by Gasteiger charge is -2.30. The highest BCUT2D eigenvalue weighted by atomic mass is 16.7. The van der Waals surface area contributed by atoms with E-state index >= 15 is 0 Å². The van der Waals surface area contributed by atoms with Crippen LogP contribution in [0.15, 0.2) is 0 Å². The van der Waals surface area contributed by atoms with Gasteiger partial charge in [0.25, 0.3) is 0 Å². The van der Waals surface area contributed by atoms with Crippen molar-refractivity contribution < 1.29 is 24.3 Å². The molecule has 0 saturated heterocycles. The third-order valence-electron chi connectivity index (χ3n) is 2.49. The Morgan fingerprint density at radius 2 is 1.94 bits per heavy atom. The van der Waals surface area contributed by atoms with Gasteiger partial charge in [-0.25, -0.2) is 9.59 Å². The Bertz CT molecular complexity index is 293. The highest BCUT2D eigenvalue weighted by Gasteiger charge is 2.34. The van der Waals surface area contributed by atoms with Gasteiger partial charge in [0.1, 0.15) is 5.60 Å². The van der Waals surface area contributed by atoms with E-state index in [1.807, 2.05) is 5.48 Å². The first-order valence-corrected chi connectivity index (χ1v) is 5.67. The van der Waals surface area contributed by atoms with Crippen LogP contribution in [0, 0.1) is 5.92 Å². The van der Waals surface area contributed by atoms with E-state index in [2.05, 4.69) is 0 Å². The highest BCUT2D eigenvalue weighted by Crippen LogP contribution is 2.30. The van der Waals surface area contributed by atoms with Gasteiger partial charge in [-0.2, -0.15) is 5.48 Å². The molecule has 0 aliphatic heterocycles. The van der Waals surface area contributed by atoms with E-state index in [0.29, 0.717) is 0 Å². The predicted molar refractivity (Wildman–Crippen MR) is 59.2 cm³/mol. The minimum atomic E-state index is -1.06. The molecule has 1 unspecified atom stereocenters. The first kappa shape index (κ1) is 13.8. The van der Waals surface area contributed by atoms with Crippen molar-refractivity contribution in [1.82, 2.24) is 5.48 Å². The molecule has 6 nitrogen and oxygen atoms in total. The van der Waals surface area contributed by atoms with E-state index in [0.717, 1.165) is 19.3 Å². The van der Waals surface area contributed by atoms with Crippen LogP contribution in [0.25, 0.3) is 0 Å². The van der Waals surface area contributed by atoms with Crippen LogP contribution in [-0.2, 0) is 14.4 Å². The van der Waals surface area contributed by atoms with Gasteiger partial charge in [0.05, 0.1) is 0 Å². The molecule has 2 N–H and O–H groups in total. The third-order valence-corrected chi connectivity index (χ3v) is 2.49. The van der Waals surface area contributed by atoms with Crippen LogP contribution in [0.3, 0.4) is 0 Å². The van der Waals surface area contributed by atoms with Crippen molar-refractivity contribution in [3.8, 4) is 0 Å². The van der Waals surface area contributed by atoms with E-state index in [9.17, 15) is 9.59 Å². The average molecular weight is 245 g/mol. The number of carbonyl (C=O) groups is 2. The Balaban J connectivity index is 2.36. The molecule has 0 aromatic rings. The summed E-state index contributed by atoms with van der Waals surface area (Å²) in [6.07, 6.45) is 0.865. The molecular weight excluding hydrogens is 226 g/mol. The lowest BCUT2D eigenvalue weighted by atomic mass is 9.81. The van der Waals surface area contributed by atoms with Gasteiger partial charge in [0.15, 0.2) is 6.10 Å². The van der Waals surface area contributed by atoms with Crippen molar-refractivity contribution in [3.63, 3.8) is 0 Å². The largest absolute Gasteiger partial charge is 0.479 e. The second-order valence-corrected chi connectivity index (χ2v) is 5.17. The number of carboxylic acids is 1. The summed E-state index contributed by atoms with van der Waals surface area (Å²) < 4.78 is 4.93. The van der Waals surface area contributed by atoms with Crippen molar-refractivity contribution in [2.24, 2.45) is 5.92 Å². The lowest BCUT2D eigenvalue weighted by molar-refractivity contribution is -0.163. The molecule has 1 aliphatic carbocycles. The summed E-state index contributed by atoms with van der Waals surface area (Å²) in [6, 6.07) is 0. The van der Waals surface area contributed by atoms with Gasteiger partial charge >= 0.3 is 12.1 Å². The van der Waals surface area contributed by atoms with Crippen LogP contribution >= 0.6 is 0 Å². The number of carbonyl (C=O) groups excluding carboxylic acids is 1. The standard InChI is InChI=1S/C11H19NO5/c1-11(2,3)16-10(15)12-17-8(9(13)14)7-5-4-6-7/h7-8H,4-6H2,1-3H3,(H,12,15)(H,13,14). The topological polar surface area (TPSA) is 84.9 Å². The molecule has 0 heterocycles. The molecule has 0 aromatic carbocycles. The molecule has 1 atom stereocenters. The molecule has 6 heteroatoms. The van der Waals surface area contributed by atoms with Crippen LogP contribution < -0.4 is 5.48 Å². The first-order chi connectivity index (χ1) is 7.79. The zero-order valence-electron chi connectivity index (χ0n) is 10.4. The summed E-state index contributed by atoms with van der Waals surface area (Å²) in [4.78, 5) is 27.1. The van der Waals surface area contributed by atoms with Gasteiger partial charge in [-0.1, -0.05) is 6.42 Å². The molecule has 0 radical (unpaired) electrons. The summed E-state index contributed by atoms with van der Waals surface area (Å²) in [5.74, 6) is -1.09. The monoisotopic (exact) mass is 245 g/mol. The Hall–Kier alpha value is -1.30. The maximum absolute atomic E-state index is 11.3. The van der Waals surface area contributed by atoms with Crippen molar-refractivity contribution in [2.45, 2.75) is 51.7 Å². The van der Waals surface area contributed by atoms with Crippen LogP contribution in [0.4, 0.5) is 4.79 Å². The number of carboxylic acid groups (broad SMARTS) is 1. The number of ether oxygens (including phenoxy) is 1. The van der Waals surface area contributed by atoms with E-state index in [1.165, 1.54) is 0 Å². The Labute approximate surface area is 100 Å². The predicted octanol–water partition coefficient (Wildman–Crippen LogP) is 1.70. The number of aliphatic carboxylic acids is 1. The van der Waals surface area contributed by atoms with Gasteiger partial charge in [0, 0.05) is 0 Å². The van der Waals surface area contributed by atoms with Crippen LogP contribution in [0.2, 0.25) is 0 Å². The minimum absolute atomic E-state index is 0.0255. The zero-order valence-corrected chi connectivity index (χ0v) is 10.4. The van der Waals surface area contributed by atoms with E-state index in [1.54, 1.807) is 20.8 Å². The third kappa shape index (κ3) is 4.60. The van der Waals surface area contributed by atoms with Crippen LogP contribution in [-0.4, -0.2) is 28.9 Å². The zero-order chi connectivity index (χ0) is 13.1. The average Bonchev–Trinajstić information content (AvgIpc) is 2.04. The highest BCUT2D eigenvalue weighted by molar-refractivity contribution is 5.73. The van der Waals surface area contributed by atoms with E-state index in [-0.39, 0.29) is 5.92 Å². The fourth-order valence-corrected chi connectivity index (χ4v) is 1.50. The molecule has 1 fully saturated rings. The number of hydrogen-bond acceptors (Lipinski definition) is 4. The van der Waals surface area contributed by atoms with E-state index in [4.69, 9.17) is 14.7 Å². The van der Waals surface area contributed by atoms with Gasteiger partial charge in [-0.15, -0.1) is 0 Å². The number of amides is 1. The summed E-state index contributed by atoms with van der Waals surface area (Å²) >= 11 is 0. The number of hydrogen-bond donors (Lipinski definition) is 2. The first-order valence-electron chi connectivity index (χ1n) is 5.67. The molecule has 17 heavy (non-hydrogen) atoms. The second-order valence-electron chi connectivity index (χ2n) is 5.17. The summed E-state index contributed by atoms with van der Waals surface area (Å²) in [6.45, 7) is 5.15. The Morgan fingerprint density at radius 1 is 1.35 bits per heavy atom. The Kier molecular flexibility index (Phi) is 4.34. The minimum Gasteiger partial charge on any atom is -0.479 e. The lowest BCUT2D eigenvalue weighted by Crippen LogP contribution is -2.43. The van der Waals surface area contributed by atoms with Crippen molar-refractivity contribution >= 4 is 12.1 Å². The molecule has 0 aromatic heterocycles. The van der Waals surface area contributed by atoms with Crippen LogP contribution in [0.1, 0.15) is 40.0 Å². The fourth-order valence-electron chi connectivity index (χ4n) is 1.50. The van der Waals surface area contributed by atoms with Crippen molar-refractivity contribution in [3.05, 3.63) is 0 Å². The van der Waals surface area contributed by atoms with Crippen molar-refractivity contribution in [1.29, 1.82) is 0 Å². The maximum Gasteiger partial charge on any atom is 0.431 e. The van der Waals surface area contributed by atoms with Gasteiger partial charge < -0.3 is 9.84 Å². The molecule has 0 bridgehead atoms. The molecule has 1 saturated carbocycles. The molecule has 1 amide bonds. The van der Waals surface area contributed by atoms with Gasteiger partial charge in [-0.3, -0.25) is 4.84 Å². The maximum atomic E-state index is 11.3. The number of nitrogens with one attached hydrogen (secondary N) is 1. The summed E-state index contributed by atoms with van der Waals surface area (Å²) in [7, 11) is 0. The molecular formula is C11H19NO5. The second kappa shape index (κ2) is 5.35. The normalized spacial score (nSPS) is 18.1.